The third kappa shape index (κ3) is 1.99. The average molecular weight is 237 g/mol. The minimum atomic E-state index is -0.156. The van der Waals surface area contributed by atoms with Crippen molar-refractivity contribution >= 4 is 5.97 Å². The molecule has 0 radical (unpaired) electrons. The number of hydrogen-bond donors (Lipinski definition) is 1. The van der Waals surface area contributed by atoms with Crippen LogP contribution in [0.5, 0.6) is 0 Å². The molecule has 4 aliphatic rings. The fourth-order valence-electron chi connectivity index (χ4n) is 4.98. The van der Waals surface area contributed by atoms with E-state index in [2.05, 4.69) is 5.32 Å². The van der Waals surface area contributed by atoms with E-state index in [1.165, 1.54) is 45.6 Å². The fourth-order valence-corrected chi connectivity index (χ4v) is 4.98. The van der Waals surface area contributed by atoms with Gasteiger partial charge in [-0.3, -0.25) is 10.1 Å². The van der Waals surface area contributed by atoms with Gasteiger partial charge in [-0.05, 0) is 63.2 Å². The molecule has 4 rings (SSSR count). The smallest absolute Gasteiger partial charge is 0.322 e. The number of methoxy groups -OCH3 is 1. The number of esters is 1. The predicted octanol–water partition coefficient (Wildman–Crippen LogP) is 2.11. The van der Waals surface area contributed by atoms with E-state index in [0.717, 1.165) is 17.8 Å². The van der Waals surface area contributed by atoms with Crippen molar-refractivity contribution in [2.75, 3.05) is 7.11 Å². The average Bonchev–Trinajstić information content (AvgIpc) is 2.25. The third-order valence-corrected chi connectivity index (χ3v) is 5.12. The second kappa shape index (κ2) is 3.98. The highest BCUT2D eigenvalue weighted by molar-refractivity contribution is 5.75. The zero-order chi connectivity index (χ0) is 12.0. The van der Waals surface area contributed by atoms with Crippen molar-refractivity contribution in [3.8, 4) is 0 Å². The molecule has 0 aromatic heterocycles. The van der Waals surface area contributed by atoms with Crippen LogP contribution in [0.3, 0.4) is 0 Å². The summed E-state index contributed by atoms with van der Waals surface area (Å²) >= 11 is 0. The van der Waals surface area contributed by atoms with Gasteiger partial charge in [-0.2, -0.15) is 0 Å². The van der Waals surface area contributed by atoms with Gasteiger partial charge in [0.1, 0.15) is 6.04 Å². The van der Waals surface area contributed by atoms with Crippen LogP contribution in [0.4, 0.5) is 0 Å². The molecule has 0 aromatic carbocycles. The van der Waals surface area contributed by atoms with Crippen molar-refractivity contribution in [1.82, 2.24) is 5.32 Å². The van der Waals surface area contributed by atoms with Crippen LogP contribution in [-0.2, 0) is 9.53 Å². The Morgan fingerprint density at radius 1 is 1.18 bits per heavy atom. The van der Waals surface area contributed by atoms with E-state index in [-0.39, 0.29) is 17.6 Å². The van der Waals surface area contributed by atoms with Gasteiger partial charge < -0.3 is 4.74 Å². The maximum Gasteiger partial charge on any atom is 0.322 e. The molecule has 1 atom stereocenters. The molecule has 17 heavy (non-hydrogen) atoms. The largest absolute Gasteiger partial charge is 0.468 e. The summed E-state index contributed by atoms with van der Waals surface area (Å²) < 4.78 is 4.82. The molecule has 3 nitrogen and oxygen atoms in total. The SMILES string of the molecule is COC(=O)C(C)NC12CC3CC(CC(C3)C1)C2. The molecule has 1 unspecified atom stereocenters. The molecule has 4 fully saturated rings. The molecule has 4 aliphatic carbocycles. The van der Waals surface area contributed by atoms with E-state index in [9.17, 15) is 4.79 Å². The number of ether oxygens (including phenoxy) is 1. The van der Waals surface area contributed by atoms with E-state index in [1.54, 1.807) is 0 Å². The summed E-state index contributed by atoms with van der Waals surface area (Å²) in [6, 6.07) is -0.156. The molecule has 0 heterocycles. The van der Waals surface area contributed by atoms with Gasteiger partial charge >= 0.3 is 5.97 Å². The van der Waals surface area contributed by atoms with Crippen LogP contribution in [0.1, 0.15) is 45.4 Å². The van der Waals surface area contributed by atoms with E-state index in [0.29, 0.717) is 0 Å². The van der Waals surface area contributed by atoms with Gasteiger partial charge in [0.25, 0.3) is 0 Å². The second-order valence-electron chi connectivity index (χ2n) is 6.59. The van der Waals surface area contributed by atoms with Crippen LogP contribution in [0.15, 0.2) is 0 Å². The van der Waals surface area contributed by atoms with E-state index in [4.69, 9.17) is 4.74 Å². The monoisotopic (exact) mass is 237 g/mol. The molecule has 4 saturated carbocycles. The Labute approximate surface area is 103 Å². The maximum atomic E-state index is 11.6. The minimum absolute atomic E-state index is 0.124. The Kier molecular flexibility index (Phi) is 2.69. The lowest BCUT2D eigenvalue weighted by Crippen LogP contribution is -2.61. The van der Waals surface area contributed by atoms with Gasteiger partial charge in [0.2, 0.25) is 0 Å². The third-order valence-electron chi connectivity index (χ3n) is 5.12. The normalized spacial score (nSPS) is 44.7. The standard InChI is InChI=1S/C14H23NO2/c1-9(13(16)17-2)15-14-6-10-3-11(7-14)5-12(4-10)8-14/h9-12,15H,3-8H2,1-2H3. The van der Waals surface area contributed by atoms with Crippen molar-refractivity contribution < 1.29 is 9.53 Å². The summed E-state index contributed by atoms with van der Waals surface area (Å²) in [7, 11) is 1.47. The van der Waals surface area contributed by atoms with Crippen molar-refractivity contribution in [2.24, 2.45) is 17.8 Å². The van der Waals surface area contributed by atoms with Gasteiger partial charge in [-0.1, -0.05) is 0 Å². The lowest BCUT2D eigenvalue weighted by Gasteiger charge is -2.57. The van der Waals surface area contributed by atoms with Crippen molar-refractivity contribution in [1.29, 1.82) is 0 Å². The summed E-state index contributed by atoms with van der Waals surface area (Å²) in [4.78, 5) is 11.6. The molecule has 0 saturated heterocycles. The van der Waals surface area contributed by atoms with Crippen LogP contribution in [-0.4, -0.2) is 24.7 Å². The number of nitrogens with one attached hydrogen (secondary N) is 1. The molecule has 0 aromatic rings. The van der Waals surface area contributed by atoms with Crippen LogP contribution >= 0.6 is 0 Å². The van der Waals surface area contributed by atoms with Crippen molar-refractivity contribution in [3.05, 3.63) is 0 Å². The zero-order valence-corrected chi connectivity index (χ0v) is 10.9. The first-order chi connectivity index (χ1) is 8.10. The molecule has 3 heteroatoms. The first-order valence-corrected chi connectivity index (χ1v) is 6.96. The van der Waals surface area contributed by atoms with Crippen LogP contribution in [0.2, 0.25) is 0 Å². The molecular weight excluding hydrogens is 214 g/mol. The lowest BCUT2D eigenvalue weighted by molar-refractivity contribution is -0.144. The Bertz CT molecular complexity index is 291. The quantitative estimate of drug-likeness (QED) is 0.764. The highest BCUT2D eigenvalue weighted by Crippen LogP contribution is 2.55. The van der Waals surface area contributed by atoms with Gasteiger partial charge in [-0.25, -0.2) is 0 Å². The van der Waals surface area contributed by atoms with Crippen LogP contribution in [0, 0.1) is 17.8 Å². The summed E-state index contributed by atoms with van der Waals surface area (Å²) in [5.41, 5.74) is 0.252. The van der Waals surface area contributed by atoms with Gasteiger partial charge in [-0.15, -0.1) is 0 Å². The molecule has 1 N–H and O–H groups in total. The second-order valence-corrected chi connectivity index (χ2v) is 6.59. The highest BCUT2D eigenvalue weighted by Gasteiger charge is 2.51. The Morgan fingerprint density at radius 2 is 1.65 bits per heavy atom. The Hall–Kier alpha value is -0.570. The number of carbonyl (C=O) groups is 1. The predicted molar refractivity (Wildman–Crippen MR) is 65.5 cm³/mol. The molecule has 0 spiro atoms. The summed E-state index contributed by atoms with van der Waals surface area (Å²) in [5, 5.41) is 3.60. The molecule has 4 bridgehead atoms. The summed E-state index contributed by atoms with van der Waals surface area (Å²) in [5.74, 6) is 2.62. The van der Waals surface area contributed by atoms with E-state index in [1.807, 2.05) is 6.92 Å². The number of rotatable bonds is 3. The molecular formula is C14H23NO2. The molecule has 0 aliphatic heterocycles. The van der Waals surface area contributed by atoms with Gasteiger partial charge in [0.15, 0.2) is 0 Å². The summed E-state index contributed by atoms with van der Waals surface area (Å²) in [6.07, 6.45) is 8.15. The molecule has 96 valence electrons. The number of hydrogen-bond acceptors (Lipinski definition) is 3. The van der Waals surface area contributed by atoms with E-state index >= 15 is 0 Å². The topological polar surface area (TPSA) is 38.3 Å². The minimum Gasteiger partial charge on any atom is -0.468 e. The maximum absolute atomic E-state index is 11.6. The zero-order valence-electron chi connectivity index (χ0n) is 10.9. The fraction of sp³-hybridized carbons (Fsp3) is 0.929. The number of carbonyl (C=O) groups excluding carboxylic acids is 1. The van der Waals surface area contributed by atoms with E-state index < -0.39 is 0 Å². The van der Waals surface area contributed by atoms with Crippen molar-refractivity contribution in [3.63, 3.8) is 0 Å². The Morgan fingerprint density at radius 3 is 2.06 bits per heavy atom. The van der Waals surface area contributed by atoms with Gasteiger partial charge in [0, 0.05) is 5.54 Å². The summed E-state index contributed by atoms with van der Waals surface area (Å²) in [6.45, 7) is 1.93. The molecule has 0 amide bonds. The van der Waals surface area contributed by atoms with Crippen LogP contribution < -0.4 is 5.32 Å². The lowest BCUT2D eigenvalue weighted by atomic mass is 9.53. The van der Waals surface area contributed by atoms with Crippen molar-refractivity contribution in [2.45, 2.75) is 57.0 Å². The highest BCUT2D eigenvalue weighted by atomic mass is 16.5. The first-order valence-electron chi connectivity index (χ1n) is 6.96. The first kappa shape index (κ1) is 11.5. The van der Waals surface area contributed by atoms with Crippen LogP contribution in [0.25, 0.3) is 0 Å². The van der Waals surface area contributed by atoms with Gasteiger partial charge in [0.05, 0.1) is 7.11 Å². The Balaban J connectivity index is 1.72.